The Morgan fingerprint density at radius 1 is 0.788 bits per heavy atom. The third-order valence-corrected chi connectivity index (χ3v) is 10.0. The molecule has 0 radical (unpaired) electrons. The number of rotatable bonds is 7. The van der Waals surface area contributed by atoms with Gasteiger partial charge in [0.1, 0.15) is 28.5 Å². The first kappa shape index (κ1) is 22.5. The molecule has 0 heterocycles. The Labute approximate surface area is 197 Å². The molecular weight excluding hydrogens is 421 g/mol. The Morgan fingerprint density at radius 3 is 1.70 bits per heavy atom. The fraction of sp³-hybridized carbons (Fsp3) is 0.100. The smallest absolute Gasteiger partial charge is 0.255 e. The molecule has 4 aromatic rings. The molecule has 2 nitrogen and oxygen atoms in total. The van der Waals surface area contributed by atoms with Gasteiger partial charge in [0.15, 0.2) is 0 Å². The van der Waals surface area contributed by atoms with Crippen LogP contribution >= 0.6 is 7.26 Å². The monoisotopic (exact) mass is 448 g/mol. The maximum absolute atomic E-state index is 13.4. The quantitative estimate of drug-likeness (QED) is 0.329. The second-order valence-electron chi connectivity index (χ2n) is 7.81. The number of benzene rings is 4. The van der Waals surface area contributed by atoms with Crippen LogP contribution in [0, 0.1) is 12.3 Å². The molecule has 3 heteroatoms. The lowest BCUT2D eigenvalue weighted by molar-refractivity contribution is 0.0955. The molecule has 0 aliphatic heterocycles. The molecule has 0 unspecified atom stereocenters. The zero-order valence-corrected chi connectivity index (χ0v) is 19.6. The van der Waals surface area contributed by atoms with E-state index in [4.69, 9.17) is 6.42 Å². The van der Waals surface area contributed by atoms with Gasteiger partial charge in [-0.1, -0.05) is 67.4 Å². The highest BCUT2D eigenvalue weighted by Crippen LogP contribution is 2.55. The summed E-state index contributed by atoms with van der Waals surface area (Å²) >= 11 is 0. The summed E-state index contributed by atoms with van der Waals surface area (Å²) in [6.45, 7) is 2.68. The number of carbonyl (C=O) groups is 1. The molecule has 1 N–H and O–H groups in total. The number of carbonyl (C=O) groups excluding carboxylic acids is 1. The maximum atomic E-state index is 13.4. The summed E-state index contributed by atoms with van der Waals surface area (Å²) < 4.78 is 0. The van der Waals surface area contributed by atoms with Crippen LogP contribution in [0.4, 0.5) is 0 Å². The van der Waals surface area contributed by atoms with E-state index in [1.54, 1.807) is 0 Å². The molecule has 0 fully saturated rings. The predicted octanol–water partition coefficient (Wildman–Crippen LogP) is 4.43. The van der Waals surface area contributed by atoms with E-state index in [2.05, 4.69) is 91.0 Å². The highest BCUT2D eigenvalue weighted by molar-refractivity contribution is 8.01. The standard InChI is InChI=1S/C30H26NOP/c1-3-22-31-30(32)28-21-20-24(4-2)23-29(28)33(25-14-8-5-9-15-25,26-16-10-6-11-17-26)27-18-12-7-13-19-27/h2,5-21,23H,3,22H2,1H3/p+1. The van der Waals surface area contributed by atoms with E-state index in [9.17, 15) is 4.79 Å². The summed E-state index contributed by atoms with van der Waals surface area (Å²) in [6, 6.07) is 37.3. The van der Waals surface area contributed by atoms with Crippen LogP contribution in [0.25, 0.3) is 0 Å². The van der Waals surface area contributed by atoms with E-state index >= 15 is 0 Å². The zero-order valence-electron chi connectivity index (χ0n) is 18.7. The molecule has 0 aromatic heterocycles. The molecule has 0 aliphatic carbocycles. The lowest BCUT2D eigenvalue weighted by atomic mass is 10.1. The van der Waals surface area contributed by atoms with Crippen LogP contribution < -0.4 is 26.5 Å². The Morgan fingerprint density at radius 2 is 1.27 bits per heavy atom. The van der Waals surface area contributed by atoms with Crippen LogP contribution in [0.15, 0.2) is 109 Å². The number of hydrogen-bond acceptors (Lipinski definition) is 1. The van der Waals surface area contributed by atoms with Gasteiger partial charge in [-0.25, -0.2) is 0 Å². The largest absolute Gasteiger partial charge is 0.352 e. The lowest BCUT2D eigenvalue weighted by Crippen LogP contribution is -2.42. The molecule has 4 aromatic carbocycles. The molecule has 0 saturated carbocycles. The first-order valence-corrected chi connectivity index (χ1v) is 13.0. The van der Waals surface area contributed by atoms with Crippen molar-refractivity contribution in [2.75, 3.05) is 6.54 Å². The predicted molar refractivity (Wildman–Crippen MR) is 142 cm³/mol. The van der Waals surface area contributed by atoms with Crippen molar-refractivity contribution in [1.29, 1.82) is 0 Å². The van der Waals surface area contributed by atoms with Gasteiger partial charge in [0.25, 0.3) is 5.91 Å². The van der Waals surface area contributed by atoms with Crippen LogP contribution in [0.1, 0.15) is 29.3 Å². The average Bonchev–Trinajstić information content (AvgIpc) is 2.89. The van der Waals surface area contributed by atoms with Gasteiger partial charge in [-0.05, 0) is 61.0 Å². The van der Waals surface area contributed by atoms with Crippen LogP contribution in [-0.2, 0) is 0 Å². The first-order valence-electron chi connectivity index (χ1n) is 11.2. The van der Waals surface area contributed by atoms with Crippen molar-refractivity contribution in [3.05, 3.63) is 120 Å². The van der Waals surface area contributed by atoms with E-state index in [1.165, 1.54) is 15.9 Å². The topological polar surface area (TPSA) is 29.1 Å². The minimum absolute atomic E-state index is 0.0670. The van der Waals surface area contributed by atoms with Crippen LogP contribution in [0.5, 0.6) is 0 Å². The van der Waals surface area contributed by atoms with Crippen molar-refractivity contribution < 1.29 is 4.79 Å². The molecule has 0 saturated heterocycles. The van der Waals surface area contributed by atoms with Gasteiger partial charge in [-0.15, -0.1) is 6.42 Å². The second kappa shape index (κ2) is 10.3. The Balaban J connectivity index is 2.15. The van der Waals surface area contributed by atoms with E-state index in [1.807, 2.05) is 36.4 Å². The average molecular weight is 449 g/mol. The van der Waals surface area contributed by atoms with Gasteiger partial charge in [-0.3, -0.25) is 4.79 Å². The fourth-order valence-electron chi connectivity index (χ4n) is 4.24. The summed E-state index contributed by atoms with van der Waals surface area (Å²) in [4.78, 5) is 13.4. The fourth-order valence-corrected chi connectivity index (χ4v) is 8.70. The summed E-state index contributed by atoms with van der Waals surface area (Å²) in [5, 5.41) is 7.61. The maximum Gasteiger partial charge on any atom is 0.255 e. The summed E-state index contributed by atoms with van der Waals surface area (Å²) in [5.74, 6) is 2.72. The van der Waals surface area contributed by atoms with Crippen molar-refractivity contribution in [3.8, 4) is 12.3 Å². The number of terminal acetylenes is 1. The zero-order chi connectivity index (χ0) is 23.1. The van der Waals surface area contributed by atoms with Gasteiger partial charge < -0.3 is 5.32 Å². The highest BCUT2D eigenvalue weighted by atomic mass is 31.2. The molecule has 0 spiro atoms. The Hall–Kier alpha value is -3.66. The van der Waals surface area contributed by atoms with Gasteiger partial charge >= 0.3 is 0 Å². The van der Waals surface area contributed by atoms with Crippen LogP contribution in [0.3, 0.4) is 0 Å². The highest BCUT2D eigenvalue weighted by Gasteiger charge is 2.50. The van der Waals surface area contributed by atoms with Crippen molar-refractivity contribution >= 4 is 34.4 Å². The SMILES string of the molecule is C#Cc1ccc(C(=O)NCCC)c([P+](c2ccccc2)(c2ccccc2)c2ccccc2)c1. The van der Waals surface area contributed by atoms with Crippen LogP contribution in [-0.4, -0.2) is 12.5 Å². The summed E-state index contributed by atoms with van der Waals surface area (Å²) in [5.41, 5.74) is 1.44. The number of hydrogen-bond donors (Lipinski definition) is 1. The Kier molecular flexibility index (Phi) is 7.04. The summed E-state index contributed by atoms with van der Waals surface area (Å²) in [7, 11) is -2.43. The van der Waals surface area contributed by atoms with E-state index in [-0.39, 0.29) is 5.91 Å². The molecule has 1 amide bonds. The third kappa shape index (κ3) is 4.34. The van der Waals surface area contributed by atoms with Crippen molar-refractivity contribution in [2.45, 2.75) is 13.3 Å². The minimum atomic E-state index is -2.43. The number of nitrogens with one attached hydrogen (secondary N) is 1. The minimum Gasteiger partial charge on any atom is -0.352 e. The van der Waals surface area contributed by atoms with Gasteiger partial charge in [-0.2, -0.15) is 0 Å². The molecule has 162 valence electrons. The Bertz CT molecular complexity index is 1160. The second-order valence-corrected chi connectivity index (χ2v) is 11.2. The van der Waals surface area contributed by atoms with Crippen molar-refractivity contribution in [3.63, 3.8) is 0 Å². The summed E-state index contributed by atoms with van der Waals surface area (Å²) in [6.07, 6.45) is 6.72. The molecule has 0 atom stereocenters. The van der Waals surface area contributed by atoms with Crippen LogP contribution in [0.2, 0.25) is 0 Å². The van der Waals surface area contributed by atoms with Crippen molar-refractivity contribution in [2.24, 2.45) is 0 Å². The number of amides is 1. The third-order valence-electron chi connectivity index (χ3n) is 5.74. The van der Waals surface area contributed by atoms with Gasteiger partial charge in [0, 0.05) is 12.1 Å². The van der Waals surface area contributed by atoms with Gasteiger partial charge in [0.05, 0.1) is 5.56 Å². The van der Waals surface area contributed by atoms with E-state index in [0.717, 1.165) is 17.3 Å². The lowest BCUT2D eigenvalue weighted by Gasteiger charge is -2.29. The molecule has 0 aliphatic rings. The normalized spacial score (nSPS) is 10.9. The van der Waals surface area contributed by atoms with E-state index < -0.39 is 7.26 Å². The van der Waals surface area contributed by atoms with E-state index in [0.29, 0.717) is 12.1 Å². The molecule has 0 bridgehead atoms. The molecular formula is C30H27NOP+. The van der Waals surface area contributed by atoms with Gasteiger partial charge in [0.2, 0.25) is 0 Å². The van der Waals surface area contributed by atoms with Crippen molar-refractivity contribution in [1.82, 2.24) is 5.32 Å². The molecule has 33 heavy (non-hydrogen) atoms. The molecule has 4 rings (SSSR count). The first-order chi connectivity index (χ1) is 16.2.